The summed E-state index contributed by atoms with van der Waals surface area (Å²) in [6.45, 7) is 0. The Hall–Kier alpha value is -3.20. The molecule has 2 nitrogen and oxygen atoms in total. The van der Waals surface area contributed by atoms with Crippen LogP contribution in [0.4, 0.5) is 26.3 Å². The molecule has 5 aromatic rings. The van der Waals surface area contributed by atoms with Crippen LogP contribution in [0.1, 0.15) is 0 Å². The molecule has 0 bridgehead atoms. The van der Waals surface area contributed by atoms with E-state index in [1.54, 1.807) is 24.3 Å². The summed E-state index contributed by atoms with van der Waals surface area (Å²) >= 11 is 1.22. The van der Waals surface area contributed by atoms with Gasteiger partial charge in [-0.3, -0.25) is 0 Å². The highest BCUT2D eigenvalue weighted by Crippen LogP contribution is 2.41. The van der Waals surface area contributed by atoms with Crippen LogP contribution >= 0.6 is 11.3 Å². The predicted molar refractivity (Wildman–Crippen MR) is 97.6 cm³/mol. The molecule has 0 N–H and O–H groups in total. The molecule has 3 aromatic carbocycles. The lowest BCUT2D eigenvalue weighted by atomic mass is 10.0. The van der Waals surface area contributed by atoms with E-state index in [1.807, 2.05) is 6.07 Å². The zero-order valence-corrected chi connectivity index (χ0v) is 14.9. The van der Waals surface area contributed by atoms with Crippen LogP contribution in [0, 0.1) is 34.9 Å². The molecule has 5 rings (SSSR count). The standard InChI is InChI=1S/C20H6F6N2S/c21-13-10-11(15(23)18(26)17(25)14(10)22)16(24)20-12(13)19(27-6-28-20)9-5-7-3-1-2-4-8(7)29-9/h1-6H. The van der Waals surface area contributed by atoms with Gasteiger partial charge in [0.25, 0.3) is 0 Å². The lowest BCUT2D eigenvalue weighted by molar-refractivity contribution is 0.415. The molecule has 0 aliphatic heterocycles. The van der Waals surface area contributed by atoms with Crippen LogP contribution in [0.3, 0.4) is 0 Å². The molecule has 0 aliphatic rings. The van der Waals surface area contributed by atoms with Gasteiger partial charge in [0.05, 0.1) is 26.7 Å². The second-order valence-electron chi connectivity index (χ2n) is 6.23. The third-order valence-corrected chi connectivity index (χ3v) is 5.76. The van der Waals surface area contributed by atoms with Gasteiger partial charge >= 0.3 is 0 Å². The zero-order chi connectivity index (χ0) is 20.4. The van der Waals surface area contributed by atoms with E-state index in [4.69, 9.17) is 0 Å². The highest BCUT2D eigenvalue weighted by Gasteiger charge is 2.29. The van der Waals surface area contributed by atoms with Gasteiger partial charge in [-0.25, -0.2) is 36.3 Å². The molecule has 0 fully saturated rings. The van der Waals surface area contributed by atoms with Crippen molar-refractivity contribution in [3.05, 3.63) is 71.6 Å². The van der Waals surface area contributed by atoms with Crippen LogP contribution in [0.5, 0.6) is 0 Å². The van der Waals surface area contributed by atoms with E-state index in [-0.39, 0.29) is 5.69 Å². The van der Waals surface area contributed by atoms with Gasteiger partial charge < -0.3 is 0 Å². The average molecular weight is 420 g/mol. The summed E-state index contributed by atoms with van der Waals surface area (Å²) in [6, 6.07) is 8.88. The fraction of sp³-hybridized carbons (Fsp3) is 0. The van der Waals surface area contributed by atoms with E-state index >= 15 is 4.39 Å². The summed E-state index contributed by atoms with van der Waals surface area (Å²) < 4.78 is 86.7. The Morgan fingerprint density at radius 2 is 1.31 bits per heavy atom. The Morgan fingerprint density at radius 1 is 0.655 bits per heavy atom. The molecule has 0 saturated heterocycles. The van der Waals surface area contributed by atoms with E-state index in [9.17, 15) is 22.0 Å². The molecule has 2 aromatic heterocycles. The zero-order valence-electron chi connectivity index (χ0n) is 14.0. The van der Waals surface area contributed by atoms with Crippen molar-refractivity contribution in [3.63, 3.8) is 0 Å². The normalized spacial score (nSPS) is 11.8. The van der Waals surface area contributed by atoms with Gasteiger partial charge in [-0.05, 0) is 17.5 Å². The molecule has 2 heterocycles. The third-order valence-electron chi connectivity index (χ3n) is 4.64. The SMILES string of the molecule is Fc1c(F)c(F)c2c(F)c3c(-c4cc5ccccc5s4)ncnc3c(F)c2c1F. The lowest BCUT2D eigenvalue weighted by Crippen LogP contribution is -2.04. The fourth-order valence-corrected chi connectivity index (χ4v) is 4.40. The Balaban J connectivity index is 1.98. The number of thiophene rings is 1. The van der Waals surface area contributed by atoms with E-state index < -0.39 is 56.6 Å². The van der Waals surface area contributed by atoms with Crippen LogP contribution in [0.15, 0.2) is 36.7 Å². The maximum Gasteiger partial charge on any atom is 0.198 e. The molecule has 0 aliphatic carbocycles. The first-order chi connectivity index (χ1) is 13.9. The Morgan fingerprint density at radius 3 is 2.00 bits per heavy atom. The third kappa shape index (κ3) is 2.37. The number of hydrogen-bond donors (Lipinski definition) is 0. The number of benzene rings is 3. The molecule has 0 atom stereocenters. The minimum absolute atomic E-state index is 0.0703. The van der Waals surface area contributed by atoms with Crippen molar-refractivity contribution < 1.29 is 26.3 Å². The quantitative estimate of drug-likeness (QED) is 0.134. The molecular weight excluding hydrogens is 414 g/mol. The van der Waals surface area contributed by atoms with Gasteiger partial charge in [0, 0.05) is 4.70 Å². The fourth-order valence-electron chi connectivity index (χ4n) is 3.33. The first-order valence-electron chi connectivity index (χ1n) is 8.16. The number of nitrogens with zero attached hydrogens (tertiary/aromatic N) is 2. The monoisotopic (exact) mass is 420 g/mol. The van der Waals surface area contributed by atoms with Crippen molar-refractivity contribution >= 4 is 43.1 Å². The number of rotatable bonds is 1. The molecule has 0 unspecified atom stereocenters. The molecule has 0 amide bonds. The van der Waals surface area contributed by atoms with Crippen LogP contribution in [0.25, 0.3) is 42.3 Å². The maximum absolute atomic E-state index is 15.3. The van der Waals surface area contributed by atoms with Crippen molar-refractivity contribution in [1.29, 1.82) is 0 Å². The number of aromatic nitrogens is 2. The minimum atomic E-state index is -2.23. The van der Waals surface area contributed by atoms with E-state index in [0.29, 0.717) is 4.88 Å². The van der Waals surface area contributed by atoms with Crippen molar-refractivity contribution in [2.24, 2.45) is 0 Å². The lowest BCUT2D eigenvalue weighted by Gasteiger charge is -2.11. The number of hydrogen-bond acceptors (Lipinski definition) is 3. The molecule has 144 valence electrons. The van der Waals surface area contributed by atoms with Crippen LogP contribution in [-0.4, -0.2) is 9.97 Å². The van der Waals surface area contributed by atoms with Gasteiger partial charge in [0.15, 0.2) is 29.1 Å². The molecule has 0 spiro atoms. The first kappa shape index (κ1) is 17.9. The Labute approximate surface area is 162 Å². The highest BCUT2D eigenvalue weighted by molar-refractivity contribution is 7.22. The van der Waals surface area contributed by atoms with E-state index in [2.05, 4.69) is 9.97 Å². The molecule has 9 heteroatoms. The minimum Gasteiger partial charge on any atom is -0.235 e. The van der Waals surface area contributed by atoms with Crippen LogP contribution in [-0.2, 0) is 0 Å². The average Bonchev–Trinajstić information content (AvgIpc) is 3.16. The highest BCUT2D eigenvalue weighted by atomic mass is 32.1. The van der Waals surface area contributed by atoms with Gasteiger partial charge in [0.1, 0.15) is 17.7 Å². The summed E-state index contributed by atoms with van der Waals surface area (Å²) in [7, 11) is 0. The van der Waals surface area contributed by atoms with Gasteiger partial charge in [-0.2, -0.15) is 0 Å². The Bertz CT molecular complexity index is 1440. The second kappa shape index (κ2) is 6.15. The Kier molecular flexibility index (Phi) is 3.79. The molecule has 0 radical (unpaired) electrons. The smallest absolute Gasteiger partial charge is 0.198 e. The molecule has 29 heavy (non-hydrogen) atoms. The summed E-state index contributed by atoms with van der Waals surface area (Å²) in [4.78, 5) is 8.03. The van der Waals surface area contributed by atoms with Crippen molar-refractivity contribution in [2.75, 3.05) is 0 Å². The van der Waals surface area contributed by atoms with Crippen LogP contribution < -0.4 is 0 Å². The van der Waals surface area contributed by atoms with Crippen molar-refractivity contribution in [3.8, 4) is 10.6 Å². The number of halogens is 6. The van der Waals surface area contributed by atoms with Gasteiger partial charge in [-0.1, -0.05) is 18.2 Å². The van der Waals surface area contributed by atoms with Gasteiger partial charge in [-0.15, -0.1) is 11.3 Å². The number of fused-ring (bicyclic) bond motifs is 3. The summed E-state index contributed by atoms with van der Waals surface area (Å²) in [5.74, 6) is -11.5. The summed E-state index contributed by atoms with van der Waals surface area (Å²) in [5.41, 5.74) is -0.735. The molecular formula is C20H6F6N2S. The molecule has 0 saturated carbocycles. The first-order valence-corrected chi connectivity index (χ1v) is 8.98. The van der Waals surface area contributed by atoms with Gasteiger partial charge in [0.2, 0.25) is 0 Å². The second-order valence-corrected chi connectivity index (χ2v) is 7.31. The van der Waals surface area contributed by atoms with E-state index in [1.165, 1.54) is 11.3 Å². The van der Waals surface area contributed by atoms with Crippen molar-refractivity contribution in [1.82, 2.24) is 9.97 Å². The predicted octanol–water partition coefficient (Wildman–Crippen LogP) is 6.50. The largest absolute Gasteiger partial charge is 0.235 e. The van der Waals surface area contributed by atoms with Crippen LogP contribution in [0.2, 0.25) is 0 Å². The summed E-state index contributed by atoms with van der Waals surface area (Å²) in [6.07, 6.45) is 0.935. The topological polar surface area (TPSA) is 25.8 Å². The maximum atomic E-state index is 15.3. The van der Waals surface area contributed by atoms with Crippen molar-refractivity contribution in [2.45, 2.75) is 0 Å². The van der Waals surface area contributed by atoms with E-state index in [0.717, 1.165) is 16.4 Å². The summed E-state index contributed by atoms with van der Waals surface area (Å²) in [5, 5.41) is -2.41.